The highest BCUT2D eigenvalue weighted by atomic mass is 16.3. The number of carbonyl (C=O) groups excluding carboxylic acids is 1. The van der Waals surface area contributed by atoms with Gasteiger partial charge in [-0.3, -0.25) is 4.79 Å². The van der Waals surface area contributed by atoms with E-state index in [1.807, 2.05) is 37.3 Å². The van der Waals surface area contributed by atoms with Crippen LogP contribution in [0.4, 0.5) is 0 Å². The number of carbonyl (C=O) groups is 1. The van der Waals surface area contributed by atoms with Gasteiger partial charge in [0.25, 0.3) is 0 Å². The molecule has 0 heterocycles. The van der Waals surface area contributed by atoms with Crippen LogP contribution < -0.4 is 5.32 Å². The van der Waals surface area contributed by atoms with Crippen molar-refractivity contribution in [2.75, 3.05) is 6.61 Å². The number of nitrogens with one attached hydrogen (secondary N) is 1. The van der Waals surface area contributed by atoms with Gasteiger partial charge >= 0.3 is 0 Å². The van der Waals surface area contributed by atoms with E-state index in [0.717, 1.165) is 24.8 Å². The van der Waals surface area contributed by atoms with Crippen LogP contribution in [0.25, 0.3) is 0 Å². The fourth-order valence-electron chi connectivity index (χ4n) is 1.91. The van der Waals surface area contributed by atoms with Crippen LogP contribution in [0.2, 0.25) is 0 Å². The molecular weight excluding hydrogens is 226 g/mol. The third-order valence-electron chi connectivity index (χ3n) is 3.15. The molecule has 0 spiro atoms. The molecule has 18 heavy (non-hydrogen) atoms. The monoisotopic (exact) mass is 249 g/mol. The van der Waals surface area contributed by atoms with Gasteiger partial charge in [0.15, 0.2) is 0 Å². The smallest absolute Gasteiger partial charge is 0.220 e. The fourth-order valence-corrected chi connectivity index (χ4v) is 1.91. The second kappa shape index (κ2) is 7.17. The van der Waals surface area contributed by atoms with Gasteiger partial charge in [-0.1, -0.05) is 50.1 Å². The Morgan fingerprint density at radius 3 is 2.50 bits per heavy atom. The Morgan fingerprint density at radius 1 is 1.28 bits per heavy atom. The second-order valence-corrected chi connectivity index (χ2v) is 4.86. The van der Waals surface area contributed by atoms with Gasteiger partial charge in [-0.05, 0) is 18.9 Å². The van der Waals surface area contributed by atoms with Crippen molar-refractivity contribution in [3.8, 4) is 0 Å². The van der Waals surface area contributed by atoms with E-state index >= 15 is 0 Å². The van der Waals surface area contributed by atoms with Crippen LogP contribution in [0.3, 0.4) is 0 Å². The van der Waals surface area contributed by atoms with E-state index in [2.05, 4.69) is 12.2 Å². The van der Waals surface area contributed by atoms with Crippen molar-refractivity contribution in [3.63, 3.8) is 0 Å². The highest BCUT2D eigenvalue weighted by Crippen LogP contribution is 2.20. The van der Waals surface area contributed by atoms with Gasteiger partial charge in [-0.15, -0.1) is 0 Å². The quantitative estimate of drug-likeness (QED) is 0.730. The number of rotatable bonds is 7. The molecule has 0 fully saturated rings. The summed E-state index contributed by atoms with van der Waals surface area (Å²) in [6, 6.07) is 9.58. The topological polar surface area (TPSA) is 49.3 Å². The molecule has 0 radical (unpaired) electrons. The van der Waals surface area contributed by atoms with E-state index in [-0.39, 0.29) is 12.5 Å². The third-order valence-corrected chi connectivity index (χ3v) is 3.15. The lowest BCUT2D eigenvalue weighted by Gasteiger charge is -2.29. The zero-order valence-corrected chi connectivity index (χ0v) is 11.3. The van der Waals surface area contributed by atoms with E-state index in [1.165, 1.54) is 0 Å². The number of benzene rings is 1. The van der Waals surface area contributed by atoms with Crippen LogP contribution in [-0.4, -0.2) is 17.6 Å². The molecule has 100 valence electrons. The predicted octanol–water partition coefficient (Wildman–Crippen LogP) is 2.59. The molecule has 0 bridgehead atoms. The zero-order chi connectivity index (χ0) is 13.4. The number of aliphatic hydroxyl groups is 1. The maximum Gasteiger partial charge on any atom is 0.220 e. The SMILES string of the molecule is CCCCCC(=O)NC(C)(CO)c1ccccc1. The number of hydrogen-bond acceptors (Lipinski definition) is 2. The summed E-state index contributed by atoms with van der Waals surface area (Å²) < 4.78 is 0. The first-order valence-electron chi connectivity index (χ1n) is 6.60. The summed E-state index contributed by atoms with van der Waals surface area (Å²) in [4.78, 5) is 11.8. The van der Waals surface area contributed by atoms with E-state index in [0.29, 0.717) is 6.42 Å². The lowest BCUT2D eigenvalue weighted by molar-refractivity contribution is -0.123. The molecule has 0 saturated heterocycles. The molecule has 0 aliphatic heterocycles. The molecule has 0 aliphatic rings. The van der Waals surface area contributed by atoms with Gasteiger partial charge in [-0.25, -0.2) is 0 Å². The summed E-state index contributed by atoms with van der Waals surface area (Å²) in [5.41, 5.74) is 0.237. The van der Waals surface area contributed by atoms with Crippen molar-refractivity contribution < 1.29 is 9.90 Å². The van der Waals surface area contributed by atoms with Crippen molar-refractivity contribution in [1.82, 2.24) is 5.32 Å². The lowest BCUT2D eigenvalue weighted by atomic mass is 9.92. The molecule has 0 aliphatic carbocycles. The van der Waals surface area contributed by atoms with Crippen LogP contribution in [0, 0.1) is 0 Å². The van der Waals surface area contributed by atoms with E-state index in [1.54, 1.807) is 0 Å². The zero-order valence-electron chi connectivity index (χ0n) is 11.3. The molecule has 1 aromatic carbocycles. The number of aliphatic hydroxyl groups excluding tert-OH is 1. The van der Waals surface area contributed by atoms with Crippen molar-refractivity contribution in [3.05, 3.63) is 35.9 Å². The van der Waals surface area contributed by atoms with Crippen LogP contribution in [0.1, 0.15) is 45.1 Å². The number of unbranched alkanes of at least 4 members (excludes halogenated alkanes) is 2. The van der Waals surface area contributed by atoms with Gasteiger partial charge in [-0.2, -0.15) is 0 Å². The van der Waals surface area contributed by atoms with Crippen LogP contribution in [0.15, 0.2) is 30.3 Å². The molecule has 1 amide bonds. The molecule has 0 saturated carbocycles. The largest absolute Gasteiger partial charge is 0.394 e. The Bertz CT molecular complexity index is 364. The molecule has 1 aromatic rings. The second-order valence-electron chi connectivity index (χ2n) is 4.86. The number of amides is 1. The Labute approximate surface area is 109 Å². The Morgan fingerprint density at radius 2 is 1.94 bits per heavy atom. The molecule has 3 nitrogen and oxygen atoms in total. The highest BCUT2D eigenvalue weighted by molar-refractivity contribution is 5.77. The first kappa shape index (κ1) is 14.7. The van der Waals surface area contributed by atoms with Crippen molar-refractivity contribution in [2.45, 2.75) is 45.1 Å². The molecular formula is C15H23NO2. The van der Waals surface area contributed by atoms with Gasteiger partial charge in [0, 0.05) is 6.42 Å². The maximum absolute atomic E-state index is 11.8. The molecule has 1 rings (SSSR count). The van der Waals surface area contributed by atoms with E-state index in [4.69, 9.17) is 0 Å². The van der Waals surface area contributed by atoms with Crippen molar-refractivity contribution in [1.29, 1.82) is 0 Å². The maximum atomic E-state index is 11.8. The first-order chi connectivity index (χ1) is 8.62. The van der Waals surface area contributed by atoms with Crippen LogP contribution >= 0.6 is 0 Å². The summed E-state index contributed by atoms with van der Waals surface area (Å²) in [6.45, 7) is 3.86. The summed E-state index contributed by atoms with van der Waals surface area (Å²) in [5, 5.41) is 12.5. The Kier molecular flexibility index (Phi) is 5.86. The predicted molar refractivity (Wildman–Crippen MR) is 73.2 cm³/mol. The average molecular weight is 249 g/mol. The number of hydrogen-bond donors (Lipinski definition) is 2. The van der Waals surface area contributed by atoms with Gasteiger partial charge in [0.2, 0.25) is 5.91 Å². The van der Waals surface area contributed by atoms with Crippen LogP contribution in [0.5, 0.6) is 0 Å². The van der Waals surface area contributed by atoms with E-state index < -0.39 is 5.54 Å². The van der Waals surface area contributed by atoms with Crippen molar-refractivity contribution >= 4 is 5.91 Å². The van der Waals surface area contributed by atoms with Crippen LogP contribution in [-0.2, 0) is 10.3 Å². The first-order valence-corrected chi connectivity index (χ1v) is 6.60. The summed E-state index contributed by atoms with van der Waals surface area (Å²) in [7, 11) is 0. The lowest BCUT2D eigenvalue weighted by Crippen LogP contribution is -2.46. The molecule has 2 N–H and O–H groups in total. The minimum atomic E-state index is -0.690. The highest BCUT2D eigenvalue weighted by Gasteiger charge is 2.27. The van der Waals surface area contributed by atoms with Gasteiger partial charge < -0.3 is 10.4 Å². The van der Waals surface area contributed by atoms with Gasteiger partial charge in [0.1, 0.15) is 0 Å². The normalized spacial score (nSPS) is 13.9. The minimum Gasteiger partial charge on any atom is -0.394 e. The molecule has 3 heteroatoms. The van der Waals surface area contributed by atoms with Gasteiger partial charge in [0.05, 0.1) is 12.1 Å². The van der Waals surface area contributed by atoms with Crippen molar-refractivity contribution in [2.24, 2.45) is 0 Å². The fraction of sp³-hybridized carbons (Fsp3) is 0.533. The summed E-state index contributed by atoms with van der Waals surface area (Å²) in [5.74, 6) is 0.00357. The molecule has 1 atom stereocenters. The minimum absolute atomic E-state index is 0.00357. The summed E-state index contributed by atoms with van der Waals surface area (Å²) >= 11 is 0. The Balaban J connectivity index is 2.63. The standard InChI is InChI=1S/C15H23NO2/c1-3-4-6-11-14(18)16-15(2,12-17)13-9-7-5-8-10-13/h5,7-10,17H,3-4,6,11-12H2,1-2H3,(H,16,18). The molecule has 0 aromatic heterocycles. The van der Waals surface area contributed by atoms with E-state index in [9.17, 15) is 9.90 Å². The Hall–Kier alpha value is -1.35. The summed E-state index contributed by atoms with van der Waals surface area (Å²) in [6.07, 6.45) is 3.59. The average Bonchev–Trinajstić information content (AvgIpc) is 2.40. The molecule has 1 unspecified atom stereocenters. The third kappa shape index (κ3) is 4.15.